The minimum absolute atomic E-state index is 0.0224. The van der Waals surface area contributed by atoms with Gasteiger partial charge in [-0.3, -0.25) is 0 Å². The number of pyridine rings is 1. The molecule has 2 rings (SSSR count). The second-order valence-corrected chi connectivity index (χ2v) is 5.96. The van der Waals surface area contributed by atoms with Gasteiger partial charge in [0, 0.05) is 18.0 Å². The number of aliphatic hydroxyl groups is 1. The summed E-state index contributed by atoms with van der Waals surface area (Å²) in [5.74, 6) is 1.55. The lowest BCUT2D eigenvalue weighted by molar-refractivity contribution is 0.277. The van der Waals surface area contributed by atoms with Crippen LogP contribution in [0.1, 0.15) is 33.4 Å². The molecule has 2 aromatic rings. The Bertz CT molecular complexity index is 578. The minimum Gasteiger partial charge on any atom is -0.390 e. The number of anilines is 1. The van der Waals surface area contributed by atoms with Crippen molar-refractivity contribution >= 4 is 16.6 Å². The predicted octanol–water partition coefficient (Wildman–Crippen LogP) is 3.60. The molecule has 3 heteroatoms. The third-order valence-electron chi connectivity index (χ3n) is 3.39. The first-order valence-corrected chi connectivity index (χ1v) is 7.29. The van der Waals surface area contributed by atoms with Gasteiger partial charge in [-0.15, -0.1) is 0 Å². The minimum atomic E-state index is -0.0224. The number of aliphatic hydroxyl groups excluding tert-OH is 1. The van der Waals surface area contributed by atoms with E-state index in [1.165, 1.54) is 0 Å². The molecular weight excluding hydrogens is 248 g/mol. The molecule has 0 fully saturated rings. The van der Waals surface area contributed by atoms with Gasteiger partial charge in [-0.25, -0.2) is 4.98 Å². The van der Waals surface area contributed by atoms with Crippen LogP contribution < -0.4 is 4.90 Å². The van der Waals surface area contributed by atoms with Crippen molar-refractivity contribution in [2.24, 2.45) is 5.92 Å². The van der Waals surface area contributed by atoms with E-state index in [0.29, 0.717) is 12.0 Å². The Hall–Kier alpha value is -1.61. The first-order valence-electron chi connectivity index (χ1n) is 7.29. The standard InChI is InChI=1S/C17H24N2O/c1-12(2)10-19(13(3)4)17-16-8-6-5-7-14(16)9-15(11-20)18-17/h5-9,12-13,20H,10-11H2,1-4H3. The number of hydrogen-bond donors (Lipinski definition) is 1. The number of rotatable bonds is 5. The zero-order valence-electron chi connectivity index (χ0n) is 12.8. The quantitative estimate of drug-likeness (QED) is 0.903. The van der Waals surface area contributed by atoms with Crippen molar-refractivity contribution in [2.75, 3.05) is 11.4 Å². The predicted molar refractivity (Wildman–Crippen MR) is 85.0 cm³/mol. The van der Waals surface area contributed by atoms with Gasteiger partial charge in [-0.05, 0) is 31.2 Å². The zero-order chi connectivity index (χ0) is 14.7. The summed E-state index contributed by atoms with van der Waals surface area (Å²) in [6, 6.07) is 10.6. The molecule has 0 aliphatic rings. The molecule has 0 radical (unpaired) electrons. The van der Waals surface area contributed by atoms with Crippen LogP contribution >= 0.6 is 0 Å². The third-order valence-corrected chi connectivity index (χ3v) is 3.39. The molecule has 0 atom stereocenters. The van der Waals surface area contributed by atoms with E-state index in [2.05, 4.69) is 49.7 Å². The fraction of sp³-hybridized carbons (Fsp3) is 0.471. The van der Waals surface area contributed by atoms with E-state index in [1.54, 1.807) is 0 Å². The maximum Gasteiger partial charge on any atom is 0.137 e. The van der Waals surface area contributed by atoms with Gasteiger partial charge >= 0.3 is 0 Å². The third kappa shape index (κ3) is 3.10. The highest BCUT2D eigenvalue weighted by Gasteiger charge is 2.17. The molecule has 0 saturated carbocycles. The molecule has 0 bridgehead atoms. The van der Waals surface area contributed by atoms with Crippen LogP contribution in [-0.2, 0) is 6.61 Å². The van der Waals surface area contributed by atoms with Crippen LogP contribution in [0.3, 0.4) is 0 Å². The van der Waals surface area contributed by atoms with Crippen molar-refractivity contribution in [3.05, 3.63) is 36.0 Å². The van der Waals surface area contributed by atoms with Crippen LogP contribution in [-0.4, -0.2) is 22.7 Å². The molecule has 0 unspecified atom stereocenters. The van der Waals surface area contributed by atoms with Crippen LogP contribution in [0.4, 0.5) is 5.82 Å². The fourth-order valence-electron chi connectivity index (χ4n) is 2.47. The maximum atomic E-state index is 9.44. The molecule has 0 amide bonds. The average molecular weight is 272 g/mol. The molecule has 1 aromatic carbocycles. The Kier molecular flexibility index (Phi) is 4.61. The summed E-state index contributed by atoms with van der Waals surface area (Å²) >= 11 is 0. The lowest BCUT2D eigenvalue weighted by Crippen LogP contribution is -2.35. The van der Waals surface area contributed by atoms with Crippen LogP contribution in [0.2, 0.25) is 0 Å². The molecule has 1 aromatic heterocycles. The molecular formula is C17H24N2O. The van der Waals surface area contributed by atoms with Crippen molar-refractivity contribution < 1.29 is 5.11 Å². The summed E-state index contributed by atoms with van der Waals surface area (Å²) in [5, 5.41) is 11.7. The van der Waals surface area contributed by atoms with E-state index in [1.807, 2.05) is 18.2 Å². The van der Waals surface area contributed by atoms with Crippen molar-refractivity contribution in [2.45, 2.75) is 40.3 Å². The van der Waals surface area contributed by atoms with Crippen LogP contribution in [0.25, 0.3) is 10.8 Å². The molecule has 0 aliphatic carbocycles. The highest BCUT2D eigenvalue weighted by atomic mass is 16.3. The molecule has 108 valence electrons. The van der Waals surface area contributed by atoms with Gasteiger partial charge in [0.15, 0.2) is 0 Å². The summed E-state index contributed by atoms with van der Waals surface area (Å²) in [4.78, 5) is 7.00. The summed E-state index contributed by atoms with van der Waals surface area (Å²) in [6.45, 7) is 9.74. The first-order chi connectivity index (χ1) is 9.52. The van der Waals surface area contributed by atoms with Crippen molar-refractivity contribution in [3.63, 3.8) is 0 Å². The van der Waals surface area contributed by atoms with Gasteiger partial charge in [0.05, 0.1) is 12.3 Å². The molecule has 3 nitrogen and oxygen atoms in total. The Labute approximate surface area is 121 Å². The number of nitrogens with zero attached hydrogens (tertiary/aromatic N) is 2. The van der Waals surface area contributed by atoms with Crippen LogP contribution in [0, 0.1) is 5.92 Å². The Morgan fingerprint density at radius 2 is 1.85 bits per heavy atom. The fourth-order valence-corrected chi connectivity index (χ4v) is 2.47. The number of fused-ring (bicyclic) bond motifs is 1. The SMILES string of the molecule is CC(C)CN(c1nc(CO)cc2ccccc12)C(C)C. The van der Waals surface area contributed by atoms with E-state index in [4.69, 9.17) is 0 Å². The van der Waals surface area contributed by atoms with E-state index in [0.717, 1.165) is 28.8 Å². The second-order valence-electron chi connectivity index (χ2n) is 5.96. The smallest absolute Gasteiger partial charge is 0.137 e. The number of hydrogen-bond acceptors (Lipinski definition) is 3. The molecule has 0 spiro atoms. The summed E-state index contributed by atoms with van der Waals surface area (Å²) < 4.78 is 0. The molecule has 1 N–H and O–H groups in total. The van der Waals surface area contributed by atoms with E-state index in [-0.39, 0.29) is 6.61 Å². The Morgan fingerprint density at radius 3 is 2.45 bits per heavy atom. The molecule has 1 heterocycles. The second kappa shape index (κ2) is 6.23. The van der Waals surface area contributed by atoms with Gasteiger partial charge in [0.25, 0.3) is 0 Å². The van der Waals surface area contributed by atoms with Crippen molar-refractivity contribution in [3.8, 4) is 0 Å². The molecule has 20 heavy (non-hydrogen) atoms. The van der Waals surface area contributed by atoms with Crippen molar-refractivity contribution in [1.29, 1.82) is 0 Å². The number of benzene rings is 1. The summed E-state index contributed by atoms with van der Waals surface area (Å²) in [7, 11) is 0. The van der Waals surface area contributed by atoms with Gasteiger partial charge in [0.2, 0.25) is 0 Å². The van der Waals surface area contributed by atoms with E-state index in [9.17, 15) is 5.11 Å². The lowest BCUT2D eigenvalue weighted by Gasteiger charge is -2.31. The number of aromatic nitrogens is 1. The topological polar surface area (TPSA) is 36.4 Å². The van der Waals surface area contributed by atoms with Gasteiger partial charge in [-0.1, -0.05) is 38.1 Å². The normalized spacial score (nSPS) is 11.6. The largest absolute Gasteiger partial charge is 0.390 e. The van der Waals surface area contributed by atoms with E-state index >= 15 is 0 Å². The Balaban J connectivity index is 2.59. The van der Waals surface area contributed by atoms with Crippen LogP contribution in [0.5, 0.6) is 0 Å². The summed E-state index contributed by atoms with van der Waals surface area (Å²) in [5.41, 5.74) is 0.730. The summed E-state index contributed by atoms with van der Waals surface area (Å²) in [6.07, 6.45) is 0. The van der Waals surface area contributed by atoms with Gasteiger partial charge in [0.1, 0.15) is 5.82 Å². The van der Waals surface area contributed by atoms with E-state index < -0.39 is 0 Å². The first kappa shape index (κ1) is 14.8. The molecule has 0 saturated heterocycles. The highest BCUT2D eigenvalue weighted by Crippen LogP contribution is 2.27. The zero-order valence-corrected chi connectivity index (χ0v) is 12.8. The maximum absolute atomic E-state index is 9.44. The van der Waals surface area contributed by atoms with Gasteiger partial charge in [-0.2, -0.15) is 0 Å². The van der Waals surface area contributed by atoms with Crippen LogP contribution in [0.15, 0.2) is 30.3 Å². The average Bonchev–Trinajstić information content (AvgIpc) is 2.43. The van der Waals surface area contributed by atoms with Crippen molar-refractivity contribution in [1.82, 2.24) is 4.98 Å². The highest BCUT2D eigenvalue weighted by molar-refractivity contribution is 5.92. The lowest BCUT2D eigenvalue weighted by atomic mass is 10.1. The monoisotopic (exact) mass is 272 g/mol. The Morgan fingerprint density at radius 1 is 1.15 bits per heavy atom. The molecule has 0 aliphatic heterocycles. The van der Waals surface area contributed by atoms with Gasteiger partial charge < -0.3 is 10.0 Å².